The van der Waals surface area contributed by atoms with Gasteiger partial charge in [-0.15, -0.1) is 0 Å². The van der Waals surface area contributed by atoms with Gasteiger partial charge in [-0.3, -0.25) is 4.79 Å². The SMILES string of the molecule is CC(C)S(=O)(=O)N1CC2(C1)OCCC2CCNC(=O)C1CCC1. The molecule has 7 heteroatoms. The lowest BCUT2D eigenvalue weighted by Gasteiger charge is -2.49. The van der Waals surface area contributed by atoms with E-state index in [0.717, 1.165) is 32.1 Å². The van der Waals surface area contributed by atoms with E-state index in [1.165, 1.54) is 0 Å². The molecular weight excluding hydrogens is 316 g/mol. The van der Waals surface area contributed by atoms with Gasteiger partial charge in [-0.1, -0.05) is 6.42 Å². The molecule has 23 heavy (non-hydrogen) atoms. The largest absolute Gasteiger partial charge is 0.372 e. The molecular formula is C16H28N2O4S. The highest BCUT2D eigenvalue weighted by molar-refractivity contribution is 7.89. The lowest BCUT2D eigenvalue weighted by atomic mass is 9.80. The first-order valence-electron chi connectivity index (χ1n) is 8.76. The van der Waals surface area contributed by atoms with Crippen molar-refractivity contribution in [2.45, 2.75) is 56.8 Å². The van der Waals surface area contributed by atoms with Gasteiger partial charge in [-0.2, -0.15) is 4.31 Å². The molecule has 0 aromatic heterocycles. The third-order valence-electron chi connectivity index (χ3n) is 5.71. The molecule has 1 saturated carbocycles. The van der Waals surface area contributed by atoms with Crippen LogP contribution in [0.15, 0.2) is 0 Å². The van der Waals surface area contributed by atoms with Crippen molar-refractivity contribution in [2.75, 3.05) is 26.2 Å². The van der Waals surface area contributed by atoms with Crippen molar-refractivity contribution in [3.8, 4) is 0 Å². The Hall–Kier alpha value is -0.660. The Morgan fingerprint density at radius 1 is 1.30 bits per heavy atom. The van der Waals surface area contributed by atoms with Crippen LogP contribution in [0, 0.1) is 11.8 Å². The van der Waals surface area contributed by atoms with E-state index < -0.39 is 10.0 Å². The molecule has 3 rings (SSSR count). The molecule has 2 aliphatic heterocycles. The predicted octanol–water partition coefficient (Wildman–Crippen LogP) is 1.12. The molecule has 0 radical (unpaired) electrons. The van der Waals surface area contributed by atoms with Crippen LogP contribution in [0.5, 0.6) is 0 Å². The van der Waals surface area contributed by atoms with Crippen molar-refractivity contribution in [1.29, 1.82) is 0 Å². The van der Waals surface area contributed by atoms with Crippen LogP contribution in [0.1, 0.15) is 46.0 Å². The molecule has 0 aromatic rings. The molecule has 1 aliphatic carbocycles. The number of rotatable bonds is 6. The lowest BCUT2D eigenvalue weighted by Crippen LogP contribution is -2.67. The summed E-state index contributed by atoms with van der Waals surface area (Å²) in [4.78, 5) is 11.9. The number of sulfonamides is 1. The number of carbonyl (C=O) groups excluding carboxylic acids is 1. The van der Waals surface area contributed by atoms with Crippen LogP contribution >= 0.6 is 0 Å². The fourth-order valence-electron chi connectivity index (χ4n) is 3.76. The molecule has 1 spiro atoms. The zero-order valence-electron chi connectivity index (χ0n) is 14.1. The minimum absolute atomic E-state index is 0.182. The van der Waals surface area contributed by atoms with Gasteiger partial charge in [0.1, 0.15) is 0 Å². The molecule has 6 nitrogen and oxygen atoms in total. The normalized spacial score (nSPS) is 27.9. The molecule has 1 atom stereocenters. The van der Waals surface area contributed by atoms with Crippen LogP contribution in [-0.2, 0) is 19.6 Å². The lowest BCUT2D eigenvalue weighted by molar-refractivity contribution is -0.127. The Bertz CT molecular complexity index is 550. The molecule has 1 unspecified atom stereocenters. The third-order valence-corrected chi connectivity index (χ3v) is 7.88. The summed E-state index contributed by atoms with van der Waals surface area (Å²) in [6.07, 6.45) is 5.02. The number of ether oxygens (including phenoxy) is 1. The van der Waals surface area contributed by atoms with E-state index in [2.05, 4.69) is 5.32 Å². The van der Waals surface area contributed by atoms with Gasteiger partial charge >= 0.3 is 0 Å². The quantitative estimate of drug-likeness (QED) is 0.783. The Morgan fingerprint density at radius 2 is 2.00 bits per heavy atom. The van der Waals surface area contributed by atoms with Crippen molar-refractivity contribution in [3.63, 3.8) is 0 Å². The average Bonchev–Trinajstić information content (AvgIpc) is 2.78. The van der Waals surface area contributed by atoms with Gasteiger partial charge in [0.25, 0.3) is 0 Å². The van der Waals surface area contributed by atoms with Crippen LogP contribution in [0.25, 0.3) is 0 Å². The fourth-order valence-corrected chi connectivity index (χ4v) is 5.15. The zero-order chi connectivity index (χ0) is 16.7. The maximum atomic E-state index is 12.2. The van der Waals surface area contributed by atoms with Crippen LogP contribution in [-0.4, -0.2) is 55.7 Å². The van der Waals surface area contributed by atoms with Crippen LogP contribution in [0.2, 0.25) is 0 Å². The van der Waals surface area contributed by atoms with E-state index >= 15 is 0 Å². The zero-order valence-corrected chi connectivity index (χ0v) is 14.9. The molecule has 1 amide bonds. The van der Waals surface area contributed by atoms with Gasteiger partial charge < -0.3 is 10.1 Å². The third kappa shape index (κ3) is 3.15. The molecule has 0 aromatic carbocycles. The summed E-state index contributed by atoms with van der Waals surface area (Å²) in [6.45, 7) is 5.72. The van der Waals surface area contributed by atoms with Gasteiger partial charge in [0.2, 0.25) is 15.9 Å². The van der Waals surface area contributed by atoms with Crippen molar-refractivity contribution in [2.24, 2.45) is 11.8 Å². The van der Waals surface area contributed by atoms with E-state index in [-0.39, 0.29) is 22.7 Å². The monoisotopic (exact) mass is 344 g/mol. The summed E-state index contributed by atoms with van der Waals surface area (Å²) in [6, 6.07) is 0. The number of nitrogens with zero attached hydrogens (tertiary/aromatic N) is 1. The Kier molecular flexibility index (Phi) is 4.73. The highest BCUT2D eigenvalue weighted by atomic mass is 32.2. The van der Waals surface area contributed by atoms with Gasteiger partial charge in [0.05, 0.1) is 10.9 Å². The number of hydrogen-bond acceptors (Lipinski definition) is 4. The minimum Gasteiger partial charge on any atom is -0.372 e. The van der Waals surface area contributed by atoms with Crippen molar-refractivity contribution >= 4 is 15.9 Å². The van der Waals surface area contributed by atoms with Gasteiger partial charge in [0, 0.05) is 32.2 Å². The second-order valence-electron chi connectivity index (χ2n) is 7.47. The smallest absolute Gasteiger partial charge is 0.223 e. The molecule has 3 aliphatic rings. The van der Waals surface area contributed by atoms with E-state index in [0.29, 0.717) is 32.2 Å². The van der Waals surface area contributed by atoms with E-state index in [1.807, 2.05) is 0 Å². The molecule has 3 fully saturated rings. The first-order chi connectivity index (χ1) is 10.8. The Morgan fingerprint density at radius 3 is 2.57 bits per heavy atom. The van der Waals surface area contributed by atoms with Crippen molar-refractivity contribution < 1.29 is 17.9 Å². The topological polar surface area (TPSA) is 75.7 Å². The summed E-state index contributed by atoms with van der Waals surface area (Å²) in [5.74, 6) is 0.740. The first kappa shape index (κ1) is 17.2. The number of carbonyl (C=O) groups is 1. The molecule has 2 saturated heterocycles. The number of nitrogens with one attached hydrogen (secondary N) is 1. The van der Waals surface area contributed by atoms with Gasteiger partial charge in [-0.25, -0.2) is 8.42 Å². The van der Waals surface area contributed by atoms with Crippen LogP contribution < -0.4 is 5.32 Å². The van der Waals surface area contributed by atoms with Crippen molar-refractivity contribution in [3.05, 3.63) is 0 Å². The standard InChI is InChI=1S/C16H28N2O4S/c1-12(2)23(20,21)18-10-16(11-18)14(7-9-22-16)6-8-17-15(19)13-4-3-5-13/h12-14H,3-11H2,1-2H3,(H,17,19). The summed E-state index contributed by atoms with van der Waals surface area (Å²) in [5.41, 5.74) is -0.316. The van der Waals surface area contributed by atoms with Crippen LogP contribution in [0.3, 0.4) is 0 Å². The van der Waals surface area contributed by atoms with Gasteiger partial charge in [-0.05, 0) is 45.4 Å². The second-order valence-corrected chi connectivity index (χ2v) is 9.96. The minimum atomic E-state index is -3.18. The second kappa shape index (κ2) is 6.33. The van der Waals surface area contributed by atoms with Gasteiger partial charge in [0.15, 0.2) is 0 Å². The Balaban J connectivity index is 1.48. The first-order valence-corrected chi connectivity index (χ1v) is 10.3. The molecule has 1 N–H and O–H groups in total. The highest BCUT2D eigenvalue weighted by Crippen LogP contribution is 2.43. The highest BCUT2D eigenvalue weighted by Gasteiger charge is 2.56. The van der Waals surface area contributed by atoms with E-state index in [9.17, 15) is 13.2 Å². The molecule has 0 bridgehead atoms. The molecule has 2 heterocycles. The average molecular weight is 344 g/mol. The summed E-state index contributed by atoms with van der Waals surface area (Å²) >= 11 is 0. The fraction of sp³-hybridized carbons (Fsp3) is 0.938. The van der Waals surface area contributed by atoms with E-state index in [1.54, 1.807) is 18.2 Å². The van der Waals surface area contributed by atoms with Crippen LogP contribution in [0.4, 0.5) is 0 Å². The maximum absolute atomic E-state index is 12.2. The summed E-state index contributed by atoms with van der Waals surface area (Å²) in [7, 11) is -3.18. The molecule has 132 valence electrons. The van der Waals surface area contributed by atoms with E-state index in [4.69, 9.17) is 4.74 Å². The maximum Gasteiger partial charge on any atom is 0.223 e. The predicted molar refractivity (Wildman–Crippen MR) is 87.4 cm³/mol. The Labute approximate surface area is 139 Å². The summed E-state index contributed by atoms with van der Waals surface area (Å²) in [5, 5.41) is 2.64. The van der Waals surface area contributed by atoms with Crippen molar-refractivity contribution in [1.82, 2.24) is 9.62 Å². The number of amides is 1. The summed E-state index contributed by atoms with van der Waals surface area (Å²) < 4.78 is 31.8. The number of hydrogen-bond donors (Lipinski definition) is 1.